The van der Waals surface area contributed by atoms with Crippen molar-refractivity contribution >= 4 is 50.1 Å². The lowest BCUT2D eigenvalue weighted by Gasteiger charge is -2.30. The lowest BCUT2D eigenvalue weighted by molar-refractivity contribution is -0.139. The van der Waals surface area contributed by atoms with Gasteiger partial charge in [-0.05, 0) is 66.5 Å². The number of carboxylic acid groups (broad SMARTS) is 1. The van der Waals surface area contributed by atoms with Crippen LogP contribution in [0.5, 0.6) is 0 Å². The van der Waals surface area contributed by atoms with Crippen LogP contribution in [0.3, 0.4) is 0 Å². The average Bonchev–Trinajstić information content (AvgIpc) is 3.39. The second-order valence-electron chi connectivity index (χ2n) is 9.50. The van der Waals surface area contributed by atoms with Crippen molar-refractivity contribution in [2.45, 2.75) is 25.3 Å². The van der Waals surface area contributed by atoms with Crippen LogP contribution in [-0.4, -0.2) is 46.3 Å². The van der Waals surface area contributed by atoms with E-state index in [-0.39, 0.29) is 6.03 Å². The molecule has 202 valence electrons. The van der Waals surface area contributed by atoms with Crippen molar-refractivity contribution in [3.8, 4) is 0 Å². The molecule has 1 unspecified atom stereocenters. The van der Waals surface area contributed by atoms with Crippen LogP contribution < -0.4 is 15.5 Å². The van der Waals surface area contributed by atoms with Crippen LogP contribution in [0.25, 0.3) is 15.9 Å². The standard InChI is InChI=1S/C30H27N5O4S/c36-28(37)27-25(39-17-14-21-7-3-4-15-31-21)13-12-22(32-27)20-11-10-19-6-5-16-35(24(19)18-20)30(38)34-29-33-23-8-1-2-9-26(23)40-29/h1-4,7-13,15,18,27,32H,5-6,14,16-17H2,(H,36,37)(H,33,34,38). The van der Waals surface area contributed by atoms with Gasteiger partial charge in [-0.1, -0.05) is 41.7 Å². The number of benzene rings is 2. The molecule has 4 heterocycles. The minimum Gasteiger partial charge on any atom is -0.495 e. The third kappa shape index (κ3) is 5.39. The Morgan fingerprint density at radius 2 is 2.00 bits per heavy atom. The van der Waals surface area contributed by atoms with Gasteiger partial charge in [-0.3, -0.25) is 15.2 Å². The topological polar surface area (TPSA) is 117 Å². The summed E-state index contributed by atoms with van der Waals surface area (Å²) in [6.45, 7) is 0.890. The molecule has 3 N–H and O–H groups in total. The first kappa shape index (κ1) is 25.6. The largest absolute Gasteiger partial charge is 0.495 e. The van der Waals surface area contributed by atoms with Gasteiger partial charge in [0.25, 0.3) is 0 Å². The predicted octanol–water partition coefficient (Wildman–Crippen LogP) is 5.22. The summed E-state index contributed by atoms with van der Waals surface area (Å²) in [5.74, 6) is -0.702. The number of pyridine rings is 1. The first-order valence-electron chi connectivity index (χ1n) is 13.1. The molecule has 9 nitrogen and oxygen atoms in total. The van der Waals surface area contributed by atoms with Gasteiger partial charge in [0.05, 0.1) is 16.8 Å². The summed E-state index contributed by atoms with van der Waals surface area (Å²) in [5, 5.41) is 16.5. The fourth-order valence-electron chi connectivity index (χ4n) is 4.89. The number of carbonyl (C=O) groups excluding carboxylic acids is 1. The number of aliphatic carboxylic acids is 1. The first-order valence-corrected chi connectivity index (χ1v) is 13.9. The van der Waals surface area contributed by atoms with E-state index in [4.69, 9.17) is 4.74 Å². The summed E-state index contributed by atoms with van der Waals surface area (Å²) in [6, 6.07) is 18.0. The molecule has 0 saturated carbocycles. The van der Waals surface area contributed by atoms with Gasteiger partial charge in [-0.25, -0.2) is 14.6 Å². The monoisotopic (exact) mass is 553 g/mol. The molecular formula is C30H27N5O4S. The van der Waals surface area contributed by atoms with Crippen molar-refractivity contribution < 1.29 is 19.4 Å². The zero-order valence-electron chi connectivity index (χ0n) is 21.5. The Morgan fingerprint density at radius 3 is 2.83 bits per heavy atom. The van der Waals surface area contributed by atoms with Gasteiger partial charge in [0.1, 0.15) is 5.76 Å². The molecule has 0 fully saturated rings. The molecule has 2 amide bonds. The number of aryl methyl sites for hydroxylation is 1. The van der Waals surface area contributed by atoms with Crippen LogP contribution in [0.1, 0.15) is 23.2 Å². The van der Waals surface area contributed by atoms with Gasteiger partial charge in [-0.15, -0.1) is 0 Å². The van der Waals surface area contributed by atoms with E-state index in [0.29, 0.717) is 36.2 Å². The Balaban J connectivity index is 1.20. The minimum atomic E-state index is -1.04. The number of dihydropyridines is 1. The van der Waals surface area contributed by atoms with Gasteiger partial charge < -0.3 is 15.2 Å². The number of carboxylic acids is 1. The molecule has 4 aromatic rings. The Kier molecular flexibility index (Phi) is 7.15. The van der Waals surface area contributed by atoms with Crippen LogP contribution in [0.2, 0.25) is 0 Å². The van der Waals surface area contributed by atoms with Gasteiger partial charge in [-0.2, -0.15) is 0 Å². The zero-order valence-corrected chi connectivity index (χ0v) is 22.4. The molecule has 2 aliphatic heterocycles. The van der Waals surface area contributed by atoms with Crippen LogP contribution in [-0.2, 0) is 22.4 Å². The number of aromatic nitrogens is 2. The molecule has 0 saturated heterocycles. The highest BCUT2D eigenvalue weighted by molar-refractivity contribution is 7.22. The van der Waals surface area contributed by atoms with E-state index in [9.17, 15) is 14.7 Å². The number of ether oxygens (including phenoxy) is 1. The van der Waals surface area contributed by atoms with E-state index < -0.39 is 12.0 Å². The third-order valence-corrected chi connectivity index (χ3v) is 7.82. The Hall–Kier alpha value is -4.70. The second kappa shape index (κ2) is 11.2. The number of fused-ring (bicyclic) bond motifs is 2. The molecule has 2 aliphatic rings. The molecule has 10 heteroatoms. The number of nitrogens with zero attached hydrogens (tertiary/aromatic N) is 3. The molecule has 2 aromatic heterocycles. The molecule has 0 radical (unpaired) electrons. The van der Waals surface area contributed by atoms with E-state index in [0.717, 1.165) is 45.6 Å². The first-order chi connectivity index (χ1) is 19.5. The maximum Gasteiger partial charge on any atom is 0.334 e. The maximum atomic E-state index is 13.3. The van der Waals surface area contributed by atoms with E-state index >= 15 is 0 Å². The van der Waals surface area contributed by atoms with E-state index in [1.165, 1.54) is 11.3 Å². The van der Waals surface area contributed by atoms with Gasteiger partial charge in [0.15, 0.2) is 11.2 Å². The van der Waals surface area contributed by atoms with Gasteiger partial charge in [0.2, 0.25) is 0 Å². The second-order valence-corrected chi connectivity index (χ2v) is 10.5. The Labute approximate surface area is 234 Å². The summed E-state index contributed by atoms with van der Waals surface area (Å²) in [6.07, 6.45) is 7.51. The number of allylic oxidation sites excluding steroid dienone is 2. The highest BCUT2D eigenvalue weighted by Crippen LogP contribution is 2.33. The highest BCUT2D eigenvalue weighted by Gasteiger charge is 2.29. The van der Waals surface area contributed by atoms with Crippen LogP contribution in [0.4, 0.5) is 15.6 Å². The zero-order chi connectivity index (χ0) is 27.5. The summed E-state index contributed by atoms with van der Waals surface area (Å²) >= 11 is 1.44. The fourth-order valence-corrected chi connectivity index (χ4v) is 5.74. The Bertz CT molecular complexity index is 1600. The molecule has 1 atom stereocenters. The molecule has 0 spiro atoms. The molecule has 0 aliphatic carbocycles. The number of para-hydroxylation sites is 1. The molecular weight excluding hydrogens is 526 g/mol. The van der Waals surface area contributed by atoms with Gasteiger partial charge >= 0.3 is 12.0 Å². The van der Waals surface area contributed by atoms with Crippen molar-refractivity contribution in [2.75, 3.05) is 23.4 Å². The number of carbonyl (C=O) groups is 2. The smallest absolute Gasteiger partial charge is 0.334 e. The molecule has 0 bridgehead atoms. The molecule has 2 aromatic carbocycles. The maximum absolute atomic E-state index is 13.3. The van der Waals surface area contributed by atoms with E-state index in [1.807, 2.05) is 66.7 Å². The summed E-state index contributed by atoms with van der Waals surface area (Å²) in [7, 11) is 0. The SMILES string of the molecule is O=C(O)C1NC(c2ccc3c(c2)N(C(=O)Nc2nc4ccccc4s2)CCC3)=CC=C1OCCc1ccccn1. The van der Waals surface area contributed by atoms with Crippen molar-refractivity contribution in [1.29, 1.82) is 0 Å². The Morgan fingerprint density at radius 1 is 1.12 bits per heavy atom. The normalized spacial score (nSPS) is 16.4. The number of hydrogen-bond donors (Lipinski definition) is 3. The quantitative estimate of drug-likeness (QED) is 0.287. The highest BCUT2D eigenvalue weighted by atomic mass is 32.1. The number of urea groups is 1. The van der Waals surface area contributed by atoms with Crippen molar-refractivity contribution in [3.63, 3.8) is 0 Å². The number of rotatable bonds is 7. The number of anilines is 2. The predicted molar refractivity (Wildman–Crippen MR) is 155 cm³/mol. The third-order valence-electron chi connectivity index (χ3n) is 6.87. The van der Waals surface area contributed by atoms with E-state index in [1.54, 1.807) is 17.2 Å². The number of thiazole rings is 1. The van der Waals surface area contributed by atoms with Crippen LogP contribution >= 0.6 is 11.3 Å². The number of hydrogen-bond acceptors (Lipinski definition) is 7. The number of amides is 2. The minimum absolute atomic E-state index is 0.241. The summed E-state index contributed by atoms with van der Waals surface area (Å²) < 4.78 is 6.84. The number of nitrogens with one attached hydrogen (secondary N) is 2. The summed E-state index contributed by atoms with van der Waals surface area (Å²) in [4.78, 5) is 36.0. The average molecular weight is 554 g/mol. The van der Waals surface area contributed by atoms with Crippen molar-refractivity contribution in [3.05, 3.63) is 102 Å². The van der Waals surface area contributed by atoms with Crippen LogP contribution in [0, 0.1) is 0 Å². The van der Waals surface area contributed by atoms with E-state index in [2.05, 4.69) is 20.6 Å². The lowest BCUT2D eigenvalue weighted by Crippen LogP contribution is -2.40. The summed E-state index contributed by atoms with van der Waals surface area (Å²) in [5.41, 5.74) is 5.02. The van der Waals surface area contributed by atoms with Crippen molar-refractivity contribution in [1.82, 2.24) is 15.3 Å². The van der Waals surface area contributed by atoms with Gasteiger partial charge in [0, 0.05) is 36.2 Å². The van der Waals surface area contributed by atoms with Crippen LogP contribution in [0.15, 0.2) is 84.8 Å². The van der Waals surface area contributed by atoms with Crippen molar-refractivity contribution in [2.24, 2.45) is 0 Å². The lowest BCUT2D eigenvalue weighted by atomic mass is 9.97. The fraction of sp³-hybridized carbons (Fsp3) is 0.200. The molecule has 40 heavy (non-hydrogen) atoms. The molecule has 6 rings (SSSR count).